The van der Waals surface area contributed by atoms with Crippen molar-refractivity contribution >= 4 is 17.7 Å². The number of hydrogen-bond acceptors (Lipinski definition) is 3. The molecule has 1 unspecified atom stereocenters. The summed E-state index contributed by atoms with van der Waals surface area (Å²) in [4.78, 5) is 11.8. The summed E-state index contributed by atoms with van der Waals surface area (Å²) < 4.78 is 0. The molecule has 0 aromatic heterocycles. The van der Waals surface area contributed by atoms with E-state index >= 15 is 0 Å². The van der Waals surface area contributed by atoms with Crippen molar-refractivity contribution in [1.82, 2.24) is 10.6 Å². The standard InChI is InChI=1S/C11H20N2OS/c14-11(10-3-1-2-5-12-10)13-7-9-4-6-15-8-9/h9-10,12H,1-8H2,(H,13,14)/t9?,10-/m1/s1. The molecule has 0 aromatic rings. The molecule has 4 heteroatoms. The van der Waals surface area contributed by atoms with E-state index in [0.29, 0.717) is 5.92 Å². The van der Waals surface area contributed by atoms with Crippen molar-refractivity contribution in [3.05, 3.63) is 0 Å². The minimum Gasteiger partial charge on any atom is -0.354 e. The second kappa shape index (κ2) is 5.75. The van der Waals surface area contributed by atoms with Gasteiger partial charge in [0.15, 0.2) is 0 Å². The van der Waals surface area contributed by atoms with E-state index in [9.17, 15) is 4.79 Å². The lowest BCUT2D eigenvalue weighted by molar-refractivity contribution is -0.123. The molecule has 0 aromatic carbocycles. The highest BCUT2D eigenvalue weighted by molar-refractivity contribution is 7.99. The predicted molar refractivity (Wildman–Crippen MR) is 64.1 cm³/mol. The van der Waals surface area contributed by atoms with Gasteiger partial charge in [0, 0.05) is 6.54 Å². The first kappa shape index (κ1) is 11.3. The molecule has 2 fully saturated rings. The van der Waals surface area contributed by atoms with Gasteiger partial charge in [0.05, 0.1) is 6.04 Å². The first-order valence-electron chi connectivity index (χ1n) is 5.95. The van der Waals surface area contributed by atoms with Crippen LogP contribution >= 0.6 is 11.8 Å². The Morgan fingerprint density at radius 3 is 3.00 bits per heavy atom. The van der Waals surface area contributed by atoms with Crippen molar-refractivity contribution < 1.29 is 4.79 Å². The van der Waals surface area contributed by atoms with Crippen molar-refractivity contribution in [3.8, 4) is 0 Å². The molecular formula is C11H20N2OS. The Kier molecular flexibility index (Phi) is 4.32. The largest absolute Gasteiger partial charge is 0.354 e. The molecule has 3 nitrogen and oxygen atoms in total. The molecule has 2 aliphatic heterocycles. The van der Waals surface area contributed by atoms with Crippen LogP contribution in [0.5, 0.6) is 0 Å². The Bertz CT molecular complexity index is 211. The molecule has 15 heavy (non-hydrogen) atoms. The van der Waals surface area contributed by atoms with E-state index in [1.54, 1.807) is 0 Å². The summed E-state index contributed by atoms with van der Waals surface area (Å²) in [5.74, 6) is 3.41. The van der Waals surface area contributed by atoms with Gasteiger partial charge >= 0.3 is 0 Å². The molecule has 2 heterocycles. The van der Waals surface area contributed by atoms with Crippen LogP contribution in [0.3, 0.4) is 0 Å². The first-order valence-corrected chi connectivity index (χ1v) is 7.10. The van der Waals surface area contributed by atoms with Crippen molar-refractivity contribution in [1.29, 1.82) is 0 Å². The fraction of sp³-hybridized carbons (Fsp3) is 0.909. The smallest absolute Gasteiger partial charge is 0.237 e. The summed E-state index contributed by atoms with van der Waals surface area (Å²) in [6.45, 7) is 1.88. The SMILES string of the molecule is O=C(NCC1CCSC1)[C@H]1CCCCN1. The van der Waals surface area contributed by atoms with Crippen molar-refractivity contribution in [2.24, 2.45) is 5.92 Å². The third-order valence-corrected chi connectivity index (χ3v) is 4.45. The van der Waals surface area contributed by atoms with E-state index in [1.165, 1.54) is 30.8 Å². The normalized spacial score (nSPS) is 31.5. The molecule has 2 aliphatic rings. The average Bonchev–Trinajstić information content (AvgIpc) is 2.80. The minimum atomic E-state index is 0.0767. The lowest BCUT2D eigenvalue weighted by Crippen LogP contribution is -2.47. The third-order valence-electron chi connectivity index (χ3n) is 3.22. The summed E-state index contributed by atoms with van der Waals surface area (Å²) in [7, 11) is 0. The zero-order chi connectivity index (χ0) is 10.5. The number of amides is 1. The van der Waals surface area contributed by atoms with Gasteiger partial charge in [0.2, 0.25) is 5.91 Å². The molecule has 2 atom stereocenters. The molecule has 0 bridgehead atoms. The van der Waals surface area contributed by atoms with E-state index in [4.69, 9.17) is 0 Å². The monoisotopic (exact) mass is 228 g/mol. The molecule has 86 valence electrons. The Morgan fingerprint density at radius 1 is 1.40 bits per heavy atom. The van der Waals surface area contributed by atoms with Gasteiger partial charge in [-0.3, -0.25) is 4.79 Å². The van der Waals surface area contributed by atoms with Crippen LogP contribution < -0.4 is 10.6 Å². The average molecular weight is 228 g/mol. The predicted octanol–water partition coefficient (Wildman–Crippen LogP) is 0.998. The zero-order valence-electron chi connectivity index (χ0n) is 9.13. The van der Waals surface area contributed by atoms with Gasteiger partial charge in [-0.25, -0.2) is 0 Å². The first-order chi connectivity index (χ1) is 7.36. The maximum atomic E-state index is 11.8. The van der Waals surface area contributed by atoms with Gasteiger partial charge in [-0.05, 0) is 43.2 Å². The van der Waals surface area contributed by atoms with Gasteiger partial charge < -0.3 is 10.6 Å². The quantitative estimate of drug-likeness (QED) is 0.757. The summed E-state index contributed by atoms with van der Waals surface area (Å²) in [5.41, 5.74) is 0. The molecule has 1 amide bonds. The van der Waals surface area contributed by atoms with E-state index in [0.717, 1.165) is 19.5 Å². The molecular weight excluding hydrogens is 208 g/mol. The van der Waals surface area contributed by atoms with E-state index in [1.807, 2.05) is 11.8 Å². The summed E-state index contributed by atoms with van der Waals surface area (Å²) in [6, 6.07) is 0.0767. The maximum absolute atomic E-state index is 11.8. The number of nitrogens with one attached hydrogen (secondary N) is 2. The zero-order valence-corrected chi connectivity index (χ0v) is 9.94. The Morgan fingerprint density at radius 2 is 2.33 bits per heavy atom. The Labute approximate surface area is 95.8 Å². The number of piperidine rings is 1. The van der Waals surface area contributed by atoms with Crippen LogP contribution in [0.4, 0.5) is 0 Å². The molecule has 2 saturated heterocycles. The number of carbonyl (C=O) groups excluding carboxylic acids is 1. The number of rotatable bonds is 3. The van der Waals surface area contributed by atoms with Crippen molar-refractivity contribution in [2.75, 3.05) is 24.6 Å². The van der Waals surface area contributed by atoms with Gasteiger partial charge in [-0.2, -0.15) is 11.8 Å². The molecule has 0 aliphatic carbocycles. The lowest BCUT2D eigenvalue weighted by atomic mass is 10.0. The van der Waals surface area contributed by atoms with Gasteiger partial charge in [-0.15, -0.1) is 0 Å². The number of thioether (sulfide) groups is 1. The second-order valence-electron chi connectivity index (χ2n) is 4.48. The number of hydrogen-bond donors (Lipinski definition) is 2. The lowest BCUT2D eigenvalue weighted by Gasteiger charge is -2.23. The molecule has 0 saturated carbocycles. The van der Waals surface area contributed by atoms with E-state index in [2.05, 4.69) is 10.6 Å². The van der Waals surface area contributed by atoms with Gasteiger partial charge in [0.1, 0.15) is 0 Å². The Hall–Kier alpha value is -0.220. The van der Waals surface area contributed by atoms with Crippen LogP contribution in [0.1, 0.15) is 25.7 Å². The molecule has 0 radical (unpaired) electrons. The van der Waals surface area contributed by atoms with Crippen LogP contribution in [0.15, 0.2) is 0 Å². The van der Waals surface area contributed by atoms with E-state index in [-0.39, 0.29) is 11.9 Å². The van der Waals surface area contributed by atoms with E-state index < -0.39 is 0 Å². The van der Waals surface area contributed by atoms with Gasteiger partial charge in [-0.1, -0.05) is 6.42 Å². The highest BCUT2D eigenvalue weighted by Gasteiger charge is 2.22. The van der Waals surface area contributed by atoms with Crippen LogP contribution in [0.2, 0.25) is 0 Å². The minimum absolute atomic E-state index is 0.0767. The summed E-state index contributed by atoms with van der Waals surface area (Å²) in [6.07, 6.45) is 4.67. The summed E-state index contributed by atoms with van der Waals surface area (Å²) >= 11 is 2.00. The fourth-order valence-electron chi connectivity index (χ4n) is 2.19. The van der Waals surface area contributed by atoms with Crippen LogP contribution in [0, 0.1) is 5.92 Å². The summed E-state index contributed by atoms with van der Waals surface area (Å²) in [5, 5.41) is 6.36. The van der Waals surface area contributed by atoms with Crippen LogP contribution in [-0.2, 0) is 4.79 Å². The van der Waals surface area contributed by atoms with Crippen molar-refractivity contribution in [3.63, 3.8) is 0 Å². The van der Waals surface area contributed by atoms with Gasteiger partial charge in [0.25, 0.3) is 0 Å². The maximum Gasteiger partial charge on any atom is 0.237 e. The van der Waals surface area contributed by atoms with Crippen LogP contribution in [-0.4, -0.2) is 36.5 Å². The Balaban J connectivity index is 1.66. The highest BCUT2D eigenvalue weighted by atomic mass is 32.2. The number of carbonyl (C=O) groups is 1. The highest BCUT2D eigenvalue weighted by Crippen LogP contribution is 2.22. The van der Waals surface area contributed by atoms with Crippen molar-refractivity contribution in [2.45, 2.75) is 31.7 Å². The molecule has 2 rings (SSSR count). The second-order valence-corrected chi connectivity index (χ2v) is 5.63. The van der Waals surface area contributed by atoms with Crippen LogP contribution in [0.25, 0.3) is 0 Å². The molecule has 0 spiro atoms. The third kappa shape index (κ3) is 3.38. The topological polar surface area (TPSA) is 41.1 Å². The molecule has 2 N–H and O–H groups in total. The fourth-order valence-corrected chi connectivity index (χ4v) is 3.47.